The Hall–Kier alpha value is -2.97. The van der Waals surface area contributed by atoms with E-state index in [9.17, 15) is 21.9 Å². The number of hydrogen-bond donors (Lipinski definition) is 2. The predicted octanol–water partition coefficient (Wildman–Crippen LogP) is 2.02. The van der Waals surface area contributed by atoms with Crippen LogP contribution in [0.1, 0.15) is 0 Å². The van der Waals surface area contributed by atoms with E-state index in [-0.39, 0.29) is 64.1 Å². The van der Waals surface area contributed by atoms with E-state index in [1.807, 2.05) is 0 Å². The van der Waals surface area contributed by atoms with Gasteiger partial charge in [0, 0.05) is 24.7 Å². The summed E-state index contributed by atoms with van der Waals surface area (Å²) in [6.45, 7) is 0.986. The van der Waals surface area contributed by atoms with E-state index in [1.54, 1.807) is 12.1 Å². The van der Waals surface area contributed by atoms with Gasteiger partial charge in [-0.05, 0) is 42.5 Å². The molecule has 0 atom stereocenters. The van der Waals surface area contributed by atoms with Crippen LogP contribution >= 0.6 is 0 Å². The monoisotopic (exact) mass is 477 g/mol. The van der Waals surface area contributed by atoms with E-state index >= 15 is 0 Å². The van der Waals surface area contributed by atoms with Crippen LogP contribution in [0.3, 0.4) is 0 Å². The number of azo groups is 1. The molecule has 13 heteroatoms. The third-order valence-corrected chi connectivity index (χ3v) is 7.70. The van der Waals surface area contributed by atoms with Crippen molar-refractivity contribution in [3.05, 3.63) is 48.7 Å². The van der Waals surface area contributed by atoms with Crippen LogP contribution in [0.5, 0.6) is 5.75 Å². The topological polar surface area (TPSA) is 165 Å². The van der Waals surface area contributed by atoms with Gasteiger partial charge in [-0.2, -0.15) is 9.42 Å². The summed E-state index contributed by atoms with van der Waals surface area (Å²) in [6, 6.07) is 9.67. The molecule has 1 aliphatic rings. The fourth-order valence-corrected chi connectivity index (χ4v) is 5.34. The van der Waals surface area contributed by atoms with Crippen LogP contribution in [0.4, 0.5) is 11.4 Å². The number of nitrogens with zero attached hydrogens (tertiary/aromatic N) is 4. The van der Waals surface area contributed by atoms with E-state index in [0.717, 1.165) is 0 Å². The highest BCUT2D eigenvalue weighted by molar-refractivity contribution is 7.89. The number of aromatic hydroxyl groups is 1. The molecule has 32 heavy (non-hydrogen) atoms. The molecule has 0 unspecified atom stereocenters. The molecule has 0 amide bonds. The average molecular weight is 478 g/mol. The molecule has 2 aromatic carbocycles. The second kappa shape index (κ2) is 8.52. The molecule has 0 saturated carbocycles. The van der Waals surface area contributed by atoms with E-state index in [1.165, 1.54) is 40.8 Å². The van der Waals surface area contributed by atoms with Gasteiger partial charge in [0.15, 0.2) is 5.75 Å². The number of nitrogens with two attached hydrogens (primary N) is 1. The van der Waals surface area contributed by atoms with Crippen molar-refractivity contribution in [3.8, 4) is 5.75 Å². The summed E-state index contributed by atoms with van der Waals surface area (Å²) in [6.07, 6.45) is 1.43. The number of hydrogen-bond acceptors (Lipinski definition) is 9. The molecule has 0 spiro atoms. The number of pyridine rings is 1. The Morgan fingerprint density at radius 1 is 1.03 bits per heavy atom. The molecule has 0 aliphatic carbocycles. The molecule has 1 fully saturated rings. The van der Waals surface area contributed by atoms with Gasteiger partial charge in [0.25, 0.3) is 0 Å². The zero-order valence-corrected chi connectivity index (χ0v) is 18.3. The predicted molar refractivity (Wildman–Crippen MR) is 115 cm³/mol. The fourth-order valence-electron chi connectivity index (χ4n) is 3.21. The van der Waals surface area contributed by atoms with Gasteiger partial charge >= 0.3 is 0 Å². The highest BCUT2D eigenvalue weighted by Gasteiger charge is 2.30. The third kappa shape index (κ3) is 4.33. The first-order chi connectivity index (χ1) is 15.2. The molecule has 11 nitrogen and oxygen atoms in total. The molecule has 1 saturated heterocycles. The lowest BCUT2D eigenvalue weighted by molar-refractivity contribution is 0.0730. The van der Waals surface area contributed by atoms with Gasteiger partial charge in [0.1, 0.15) is 11.2 Å². The summed E-state index contributed by atoms with van der Waals surface area (Å²) in [4.78, 5) is 3.97. The summed E-state index contributed by atoms with van der Waals surface area (Å²) in [5.41, 5.74) is 0.245. The number of rotatable bonds is 5. The number of aromatic nitrogens is 1. The maximum atomic E-state index is 13.3. The molecule has 0 bridgehead atoms. The zero-order chi connectivity index (χ0) is 22.9. The maximum Gasteiger partial charge on any atom is 0.243 e. The molecular formula is C19H19N5O6S2. The quantitative estimate of drug-likeness (QED) is 0.531. The average Bonchev–Trinajstić information content (AvgIpc) is 2.79. The maximum absolute atomic E-state index is 13.3. The normalized spacial score (nSPS) is 16.0. The number of phenolic OH excluding ortho intramolecular Hbond substituents is 1. The summed E-state index contributed by atoms with van der Waals surface area (Å²) in [5.74, 6) is -0.327. The Labute approximate surface area is 184 Å². The Morgan fingerprint density at radius 2 is 1.72 bits per heavy atom. The second-order valence-electron chi connectivity index (χ2n) is 6.90. The van der Waals surface area contributed by atoms with E-state index in [2.05, 4.69) is 15.2 Å². The first-order valence-corrected chi connectivity index (χ1v) is 12.4. The second-order valence-corrected chi connectivity index (χ2v) is 10.4. The summed E-state index contributed by atoms with van der Waals surface area (Å²) >= 11 is 0. The molecule has 3 aromatic rings. The van der Waals surface area contributed by atoms with Crippen molar-refractivity contribution in [2.24, 2.45) is 15.4 Å². The van der Waals surface area contributed by atoms with E-state index < -0.39 is 20.0 Å². The smallest absolute Gasteiger partial charge is 0.243 e. The molecular weight excluding hydrogens is 458 g/mol. The molecule has 4 rings (SSSR count). The fraction of sp³-hybridized carbons (Fsp3) is 0.211. The standard InChI is InChI=1S/C19H19N5O6S2/c20-31(26,27)14-5-3-13(4-6-14)22-23-16-12-17(15-2-1-7-21-18(15)19(16)25)32(28,29)24-8-10-30-11-9-24/h1-7,12,25H,8-11H2,(H2,20,26,27). The number of ether oxygens (including phenoxy) is 1. The molecule has 2 heterocycles. The Bertz CT molecular complexity index is 1400. The van der Waals surface area contributed by atoms with Crippen LogP contribution in [0.15, 0.2) is 68.7 Å². The minimum Gasteiger partial charge on any atom is -0.504 e. The molecule has 1 aromatic heterocycles. The van der Waals surface area contributed by atoms with Crippen molar-refractivity contribution in [3.63, 3.8) is 0 Å². The third-order valence-electron chi connectivity index (χ3n) is 4.83. The minimum absolute atomic E-state index is 0.0566. The van der Waals surface area contributed by atoms with Gasteiger partial charge in [-0.25, -0.2) is 22.0 Å². The first kappa shape index (κ1) is 22.2. The van der Waals surface area contributed by atoms with Gasteiger partial charge in [-0.1, -0.05) is 0 Å². The van der Waals surface area contributed by atoms with Gasteiger partial charge < -0.3 is 9.84 Å². The first-order valence-electron chi connectivity index (χ1n) is 9.41. The molecule has 168 valence electrons. The van der Waals surface area contributed by atoms with E-state index in [0.29, 0.717) is 0 Å². The van der Waals surface area contributed by atoms with Crippen molar-refractivity contribution in [1.82, 2.24) is 9.29 Å². The number of morpholine rings is 1. The van der Waals surface area contributed by atoms with Gasteiger partial charge in [0.2, 0.25) is 20.0 Å². The Kier molecular flexibility index (Phi) is 5.92. The number of fused-ring (bicyclic) bond motifs is 1. The lowest BCUT2D eigenvalue weighted by Crippen LogP contribution is -2.40. The summed E-state index contributed by atoms with van der Waals surface area (Å²) < 4.78 is 55.9. The Balaban J connectivity index is 1.79. The SMILES string of the molecule is NS(=O)(=O)c1ccc(N=Nc2cc(S(=O)(=O)N3CCOCC3)c3cccnc3c2O)cc1. The van der Waals surface area contributed by atoms with Crippen molar-refractivity contribution in [2.75, 3.05) is 26.3 Å². The van der Waals surface area contributed by atoms with Crippen LogP contribution in [0.25, 0.3) is 10.9 Å². The largest absolute Gasteiger partial charge is 0.504 e. The highest BCUT2D eigenvalue weighted by Crippen LogP contribution is 2.39. The van der Waals surface area contributed by atoms with Crippen LogP contribution in [0.2, 0.25) is 0 Å². The highest BCUT2D eigenvalue weighted by atomic mass is 32.2. The van der Waals surface area contributed by atoms with Gasteiger partial charge in [0.05, 0.1) is 28.7 Å². The van der Waals surface area contributed by atoms with Gasteiger partial charge in [-0.15, -0.1) is 5.11 Å². The summed E-state index contributed by atoms with van der Waals surface area (Å²) in [5, 5.41) is 23.9. The van der Waals surface area contributed by atoms with Crippen molar-refractivity contribution in [1.29, 1.82) is 0 Å². The van der Waals surface area contributed by atoms with Gasteiger partial charge in [-0.3, -0.25) is 4.98 Å². The number of benzene rings is 2. The minimum atomic E-state index is -3.91. The lowest BCUT2D eigenvalue weighted by Gasteiger charge is -2.26. The van der Waals surface area contributed by atoms with Crippen molar-refractivity contribution >= 4 is 42.3 Å². The van der Waals surface area contributed by atoms with Crippen LogP contribution < -0.4 is 5.14 Å². The van der Waals surface area contributed by atoms with Crippen molar-refractivity contribution < 1.29 is 26.7 Å². The lowest BCUT2D eigenvalue weighted by atomic mass is 10.2. The van der Waals surface area contributed by atoms with Crippen LogP contribution in [-0.4, -0.2) is 57.5 Å². The van der Waals surface area contributed by atoms with Crippen LogP contribution in [-0.2, 0) is 24.8 Å². The molecule has 1 aliphatic heterocycles. The zero-order valence-electron chi connectivity index (χ0n) is 16.6. The Morgan fingerprint density at radius 3 is 2.38 bits per heavy atom. The molecule has 3 N–H and O–H groups in total. The molecule has 0 radical (unpaired) electrons. The number of primary sulfonamides is 1. The van der Waals surface area contributed by atoms with Crippen molar-refractivity contribution in [2.45, 2.75) is 9.79 Å². The summed E-state index contributed by atoms with van der Waals surface area (Å²) in [7, 11) is -7.76. The number of phenols is 1. The van der Waals surface area contributed by atoms with E-state index in [4.69, 9.17) is 9.88 Å². The van der Waals surface area contributed by atoms with Crippen LogP contribution in [0, 0.1) is 0 Å². The number of sulfonamides is 2.